The Hall–Kier alpha value is -0.746. The Kier molecular flexibility index (Phi) is 29.2. The van der Waals surface area contributed by atoms with Crippen LogP contribution in [0.4, 0.5) is 0 Å². The molecule has 0 fully saturated rings. The predicted octanol–water partition coefficient (Wildman–Crippen LogP) is -8.35. The fourth-order valence-corrected chi connectivity index (χ4v) is 1.52. The summed E-state index contributed by atoms with van der Waals surface area (Å²) in [5.41, 5.74) is 0. The van der Waals surface area contributed by atoms with Crippen LogP contribution in [-0.2, 0) is 35.3 Å². The molecule has 0 rings (SSSR count). The molecule has 0 unspecified atom stereocenters. The van der Waals surface area contributed by atoms with Crippen LogP contribution in [0, 0.1) is 0 Å². The Labute approximate surface area is 196 Å². The van der Waals surface area contributed by atoms with Crippen molar-refractivity contribution in [1.29, 1.82) is 0 Å². The van der Waals surface area contributed by atoms with Crippen molar-refractivity contribution in [2.45, 2.75) is 0 Å². The molecule has 15 nitrogen and oxygen atoms in total. The maximum atomic E-state index is 10.6. The largest absolute Gasteiger partial charge is 2.00 e. The second-order valence-corrected chi connectivity index (χ2v) is 4.58. The van der Waals surface area contributed by atoms with Gasteiger partial charge in [-0.25, -0.2) is 0 Å². The van der Waals surface area contributed by atoms with Crippen molar-refractivity contribution in [2.75, 3.05) is 33.0 Å². The number of aliphatic carboxylic acids is 2. The standard InChI is InChI=1S/5C2H4O3.Al.Ba/c5*3-1-2(4)5;;/h5*3H,1H2,(H,4,5);;/q;;;;;+3;+2/p-5. The number of hydrogen-bond acceptors (Lipinski definition) is 15. The zero-order valence-electron chi connectivity index (χ0n) is 13.6. The van der Waals surface area contributed by atoms with E-state index in [0.29, 0.717) is 0 Å². The summed E-state index contributed by atoms with van der Waals surface area (Å²) in [4.78, 5) is 49.9. The van der Waals surface area contributed by atoms with Crippen LogP contribution in [0.3, 0.4) is 0 Å². The molecule has 0 aromatic rings. The molecule has 0 radical (unpaired) electrons. The summed E-state index contributed by atoms with van der Waals surface area (Å²) in [7, 11) is 0. The third-order valence-electron chi connectivity index (χ3n) is 1.33. The second kappa shape index (κ2) is 23.3. The second-order valence-electron chi connectivity index (χ2n) is 3.29. The van der Waals surface area contributed by atoms with E-state index in [2.05, 4.69) is 11.4 Å². The molecule has 0 saturated carbocycles. The number of hydrogen-bond donors (Lipinski definition) is 5. The Balaban J connectivity index is -0.000000199. The molecular formula is C10H15AlBaO15. The van der Waals surface area contributed by atoms with Crippen LogP contribution < -0.4 is 10.2 Å². The number of rotatable bonds is 8. The van der Waals surface area contributed by atoms with Gasteiger partial charge in [-0.1, -0.05) is 0 Å². The number of aliphatic hydroxyl groups excluding tert-OH is 5. The zero-order valence-corrected chi connectivity index (χ0v) is 19.2. The molecule has 0 aliphatic heterocycles. The van der Waals surface area contributed by atoms with Crippen LogP contribution in [0.5, 0.6) is 0 Å². The molecule has 0 atom stereocenters. The van der Waals surface area contributed by atoms with E-state index < -0.39 is 78.0 Å². The van der Waals surface area contributed by atoms with Crippen LogP contribution in [-0.4, -0.2) is 152 Å². The summed E-state index contributed by atoms with van der Waals surface area (Å²) in [6.45, 7) is -4.75. The number of carbonyl (C=O) groups excluding carboxylic acids is 5. The van der Waals surface area contributed by atoms with Gasteiger partial charge in [-0.2, -0.15) is 0 Å². The number of carboxylic acids is 2. The zero-order chi connectivity index (χ0) is 21.1. The molecule has 0 amide bonds. The number of carboxylic acid groups (broad SMARTS) is 2. The van der Waals surface area contributed by atoms with Gasteiger partial charge < -0.3 is 56.7 Å². The summed E-state index contributed by atoms with van der Waals surface area (Å²) in [5.74, 6) is -6.36. The van der Waals surface area contributed by atoms with Gasteiger partial charge in [-0.3, -0.25) is 14.4 Å². The molecule has 0 aromatic carbocycles. The van der Waals surface area contributed by atoms with Crippen molar-refractivity contribution in [2.24, 2.45) is 0 Å². The van der Waals surface area contributed by atoms with Gasteiger partial charge in [-0.15, -0.1) is 0 Å². The third kappa shape index (κ3) is 30.2. The molecular weight excluding hydrogens is 524 g/mol. The van der Waals surface area contributed by atoms with E-state index in [0.717, 1.165) is 0 Å². The minimum atomic E-state index is -3.49. The van der Waals surface area contributed by atoms with Gasteiger partial charge >= 0.3 is 81.9 Å². The van der Waals surface area contributed by atoms with Gasteiger partial charge in [0.05, 0.1) is 25.2 Å². The van der Waals surface area contributed by atoms with Crippen molar-refractivity contribution in [1.82, 2.24) is 0 Å². The van der Waals surface area contributed by atoms with E-state index in [1.807, 2.05) is 0 Å². The topological polar surface area (TPSA) is 260 Å². The normalized spacial score (nSPS) is 8.19. The molecule has 0 spiro atoms. The fraction of sp³-hybridized carbons (Fsp3) is 0.500. The molecule has 0 bridgehead atoms. The van der Waals surface area contributed by atoms with Crippen LogP contribution >= 0.6 is 0 Å². The summed E-state index contributed by atoms with van der Waals surface area (Å²) in [6, 6.07) is 0. The Morgan fingerprint density at radius 2 is 0.778 bits per heavy atom. The molecule has 0 aromatic heterocycles. The summed E-state index contributed by atoms with van der Waals surface area (Å²) in [5, 5.41) is 58.0. The van der Waals surface area contributed by atoms with Crippen LogP contribution in [0.15, 0.2) is 0 Å². The molecule has 0 heterocycles. The van der Waals surface area contributed by atoms with Crippen molar-refractivity contribution < 1.29 is 71.1 Å². The van der Waals surface area contributed by atoms with Gasteiger partial charge in [0.2, 0.25) is 0 Å². The molecule has 150 valence electrons. The molecule has 17 heteroatoms. The Morgan fingerprint density at radius 3 is 0.889 bits per heavy atom. The molecule has 5 N–H and O–H groups in total. The molecule has 27 heavy (non-hydrogen) atoms. The molecule has 0 aliphatic carbocycles. The number of carbonyl (C=O) groups is 5. The fourth-order valence-electron chi connectivity index (χ4n) is 0.506. The average molecular weight is 540 g/mol. The van der Waals surface area contributed by atoms with Gasteiger partial charge in [0.25, 0.3) is 0 Å². The third-order valence-corrected chi connectivity index (χ3v) is 2.69. The van der Waals surface area contributed by atoms with E-state index in [-0.39, 0.29) is 48.9 Å². The van der Waals surface area contributed by atoms with Crippen LogP contribution in [0.1, 0.15) is 0 Å². The minimum absolute atomic E-state index is 0. The summed E-state index contributed by atoms with van der Waals surface area (Å²) >= 11 is -3.49. The van der Waals surface area contributed by atoms with Crippen molar-refractivity contribution in [3.05, 3.63) is 0 Å². The minimum Gasteiger partial charge on any atom is -0.549 e. The van der Waals surface area contributed by atoms with Crippen LogP contribution in [0.2, 0.25) is 0 Å². The predicted molar refractivity (Wildman–Crippen MR) is 75.2 cm³/mol. The summed E-state index contributed by atoms with van der Waals surface area (Å²) in [6.07, 6.45) is 0. The van der Waals surface area contributed by atoms with E-state index in [4.69, 9.17) is 45.3 Å². The smallest absolute Gasteiger partial charge is 0.549 e. The van der Waals surface area contributed by atoms with Gasteiger partial charge in [0.15, 0.2) is 0 Å². The van der Waals surface area contributed by atoms with Gasteiger partial charge in [-0.05, 0) is 0 Å². The summed E-state index contributed by atoms with van der Waals surface area (Å²) < 4.78 is 12.9. The first-order valence-electron chi connectivity index (χ1n) is 6.10. The maximum Gasteiger partial charge on any atom is 2.00 e. The quantitative estimate of drug-likeness (QED) is 0.179. The maximum absolute atomic E-state index is 10.6. The Bertz CT molecular complexity index is 399. The average Bonchev–Trinajstić information content (AvgIpc) is 2.61. The first kappa shape index (κ1) is 33.8. The monoisotopic (exact) mass is 540 g/mol. The molecule has 0 saturated heterocycles. The number of aliphatic hydroxyl groups is 5. The van der Waals surface area contributed by atoms with Crippen molar-refractivity contribution in [3.63, 3.8) is 0 Å². The van der Waals surface area contributed by atoms with Crippen LogP contribution in [0.25, 0.3) is 0 Å². The Morgan fingerprint density at radius 1 is 0.593 bits per heavy atom. The van der Waals surface area contributed by atoms with Crippen molar-refractivity contribution >= 4 is 93.9 Å². The first-order valence-corrected chi connectivity index (χ1v) is 7.51. The van der Waals surface area contributed by atoms with E-state index in [9.17, 15) is 14.4 Å². The van der Waals surface area contributed by atoms with E-state index in [1.165, 1.54) is 0 Å². The van der Waals surface area contributed by atoms with E-state index >= 15 is 0 Å². The van der Waals surface area contributed by atoms with E-state index in [1.54, 1.807) is 0 Å². The molecule has 0 aliphatic rings. The van der Waals surface area contributed by atoms with Gasteiger partial charge in [0, 0.05) is 0 Å². The van der Waals surface area contributed by atoms with Crippen molar-refractivity contribution in [3.8, 4) is 0 Å². The van der Waals surface area contributed by atoms with Gasteiger partial charge in [0.1, 0.15) is 19.8 Å². The first-order chi connectivity index (χ1) is 12.1. The SMILES string of the molecule is O=C(CO)[O][Al]([O]C(=O)CO)[O]C(=O)CO.O=C([O-])CO.O=C([O-])CO.[Ba+2].